The van der Waals surface area contributed by atoms with Crippen LogP contribution in [0.2, 0.25) is 0 Å². The maximum atomic E-state index is 11.6. The topological polar surface area (TPSA) is 55.6 Å². The largest absolute Gasteiger partial charge is 0.457 e. The van der Waals surface area contributed by atoms with Gasteiger partial charge >= 0.3 is 6.03 Å². The number of urea groups is 1. The molecule has 3 rings (SSSR count). The van der Waals surface area contributed by atoms with E-state index >= 15 is 0 Å². The number of hydrogen-bond acceptors (Lipinski definition) is 2. The number of likely N-dealkylation sites (tertiary alicyclic amines) is 1. The van der Waals surface area contributed by atoms with E-state index in [0.29, 0.717) is 0 Å². The molecule has 1 fully saturated rings. The molecule has 1 saturated heterocycles. The Morgan fingerprint density at radius 1 is 1.05 bits per heavy atom. The first kappa shape index (κ1) is 14.4. The van der Waals surface area contributed by atoms with Crippen LogP contribution in [0.5, 0.6) is 11.5 Å². The molecule has 0 bridgehead atoms. The quantitative estimate of drug-likeness (QED) is 0.927. The molecule has 114 valence electrons. The summed E-state index contributed by atoms with van der Waals surface area (Å²) in [6, 6.07) is 17.5. The van der Waals surface area contributed by atoms with Crippen LogP contribution in [0, 0.1) is 0 Å². The summed E-state index contributed by atoms with van der Waals surface area (Å²) >= 11 is 0. The minimum absolute atomic E-state index is 0.0678. The molecule has 4 nitrogen and oxygen atoms in total. The molecule has 2 aromatic rings. The highest BCUT2D eigenvalue weighted by atomic mass is 16.5. The lowest BCUT2D eigenvalue weighted by Gasteiger charge is -2.27. The zero-order chi connectivity index (χ0) is 15.5. The standard InChI is InChI=1S/C18H20N2O2/c1-13-7-12-17(20(13)18(19)21)14-8-10-16(11-9-14)22-15-5-3-2-4-6-15/h2-6,8-11,13,17H,7,12H2,1H3,(H2,19,21)/t13?,17-/m1/s1. The van der Waals surface area contributed by atoms with E-state index < -0.39 is 0 Å². The van der Waals surface area contributed by atoms with E-state index in [1.54, 1.807) is 4.90 Å². The van der Waals surface area contributed by atoms with Gasteiger partial charge in [-0.1, -0.05) is 30.3 Å². The average Bonchev–Trinajstić information content (AvgIpc) is 2.91. The summed E-state index contributed by atoms with van der Waals surface area (Å²) in [6.07, 6.45) is 1.93. The number of carbonyl (C=O) groups is 1. The third-order valence-corrected chi connectivity index (χ3v) is 4.17. The van der Waals surface area contributed by atoms with Gasteiger partial charge in [0.05, 0.1) is 6.04 Å². The van der Waals surface area contributed by atoms with Crippen molar-refractivity contribution in [2.45, 2.75) is 31.8 Å². The van der Waals surface area contributed by atoms with Gasteiger partial charge < -0.3 is 15.4 Å². The van der Waals surface area contributed by atoms with Crippen molar-refractivity contribution in [3.05, 3.63) is 60.2 Å². The number of primary amides is 1. The van der Waals surface area contributed by atoms with Crippen molar-refractivity contribution in [1.82, 2.24) is 4.90 Å². The van der Waals surface area contributed by atoms with E-state index in [1.807, 2.05) is 61.5 Å². The number of carbonyl (C=O) groups excluding carboxylic acids is 1. The van der Waals surface area contributed by atoms with Crippen LogP contribution in [0.25, 0.3) is 0 Å². The Kier molecular flexibility index (Phi) is 4.00. The highest BCUT2D eigenvalue weighted by molar-refractivity contribution is 5.73. The van der Waals surface area contributed by atoms with Gasteiger partial charge in [0, 0.05) is 6.04 Å². The van der Waals surface area contributed by atoms with E-state index in [0.717, 1.165) is 29.9 Å². The first-order chi connectivity index (χ1) is 10.6. The second kappa shape index (κ2) is 6.10. The summed E-state index contributed by atoms with van der Waals surface area (Å²) in [5.74, 6) is 1.59. The molecule has 2 N–H and O–H groups in total. The molecule has 0 aliphatic carbocycles. The van der Waals surface area contributed by atoms with Gasteiger partial charge in [-0.15, -0.1) is 0 Å². The Morgan fingerprint density at radius 3 is 2.32 bits per heavy atom. The number of hydrogen-bond donors (Lipinski definition) is 1. The summed E-state index contributed by atoms with van der Waals surface area (Å²) in [5.41, 5.74) is 6.61. The van der Waals surface area contributed by atoms with Crippen LogP contribution in [0.1, 0.15) is 31.4 Å². The molecule has 4 heteroatoms. The first-order valence-electron chi connectivity index (χ1n) is 7.56. The minimum atomic E-state index is -0.348. The van der Waals surface area contributed by atoms with E-state index in [4.69, 9.17) is 10.5 Å². The summed E-state index contributed by atoms with van der Waals surface area (Å²) in [4.78, 5) is 13.4. The van der Waals surface area contributed by atoms with Crippen molar-refractivity contribution in [1.29, 1.82) is 0 Å². The predicted molar refractivity (Wildman–Crippen MR) is 85.8 cm³/mol. The first-order valence-corrected chi connectivity index (χ1v) is 7.56. The second-order valence-corrected chi connectivity index (χ2v) is 5.67. The SMILES string of the molecule is CC1CC[C@H](c2ccc(Oc3ccccc3)cc2)N1C(N)=O. The number of rotatable bonds is 3. The van der Waals surface area contributed by atoms with Crippen molar-refractivity contribution in [3.63, 3.8) is 0 Å². The van der Waals surface area contributed by atoms with Crippen LogP contribution < -0.4 is 10.5 Å². The van der Waals surface area contributed by atoms with Crippen molar-refractivity contribution >= 4 is 6.03 Å². The molecule has 2 amide bonds. The van der Waals surface area contributed by atoms with Gasteiger partial charge in [0.1, 0.15) is 11.5 Å². The zero-order valence-corrected chi connectivity index (χ0v) is 12.6. The number of nitrogens with zero attached hydrogens (tertiary/aromatic N) is 1. The fourth-order valence-electron chi connectivity index (χ4n) is 3.07. The molecule has 1 unspecified atom stereocenters. The maximum absolute atomic E-state index is 11.6. The Hall–Kier alpha value is -2.49. The summed E-state index contributed by atoms with van der Waals surface area (Å²) in [7, 11) is 0. The molecule has 1 heterocycles. The van der Waals surface area contributed by atoms with Crippen molar-refractivity contribution in [2.24, 2.45) is 5.73 Å². The monoisotopic (exact) mass is 296 g/mol. The van der Waals surface area contributed by atoms with E-state index in [1.165, 1.54) is 0 Å². The number of para-hydroxylation sites is 1. The van der Waals surface area contributed by atoms with Crippen molar-refractivity contribution < 1.29 is 9.53 Å². The summed E-state index contributed by atoms with van der Waals surface area (Å²) < 4.78 is 5.79. The molecular formula is C18H20N2O2. The van der Waals surface area contributed by atoms with E-state index in [2.05, 4.69) is 0 Å². The molecule has 22 heavy (non-hydrogen) atoms. The fraction of sp³-hybridized carbons (Fsp3) is 0.278. The fourth-order valence-corrected chi connectivity index (χ4v) is 3.07. The molecule has 0 spiro atoms. The van der Waals surface area contributed by atoms with Crippen LogP contribution in [-0.4, -0.2) is 17.0 Å². The van der Waals surface area contributed by atoms with Crippen molar-refractivity contribution in [2.75, 3.05) is 0 Å². The highest BCUT2D eigenvalue weighted by Crippen LogP contribution is 2.36. The normalized spacial score (nSPS) is 20.9. The molecule has 2 atom stereocenters. The summed E-state index contributed by atoms with van der Waals surface area (Å²) in [5, 5.41) is 0. The lowest BCUT2D eigenvalue weighted by Crippen LogP contribution is -2.39. The van der Waals surface area contributed by atoms with Gasteiger partial charge in [-0.05, 0) is 49.6 Å². The smallest absolute Gasteiger partial charge is 0.315 e. The molecular weight excluding hydrogens is 276 g/mol. The van der Waals surface area contributed by atoms with Crippen LogP contribution >= 0.6 is 0 Å². The Labute approximate surface area is 130 Å². The van der Waals surface area contributed by atoms with Crippen LogP contribution in [-0.2, 0) is 0 Å². The van der Waals surface area contributed by atoms with Crippen molar-refractivity contribution in [3.8, 4) is 11.5 Å². The predicted octanol–water partition coefficient (Wildman–Crippen LogP) is 4.08. The van der Waals surface area contributed by atoms with E-state index in [9.17, 15) is 4.79 Å². The Morgan fingerprint density at radius 2 is 1.68 bits per heavy atom. The molecule has 0 aromatic heterocycles. The van der Waals surface area contributed by atoms with Gasteiger partial charge in [-0.3, -0.25) is 0 Å². The van der Waals surface area contributed by atoms with Crippen LogP contribution in [0.3, 0.4) is 0 Å². The Bertz CT molecular complexity index is 640. The molecule has 0 radical (unpaired) electrons. The van der Waals surface area contributed by atoms with Crippen LogP contribution in [0.15, 0.2) is 54.6 Å². The minimum Gasteiger partial charge on any atom is -0.457 e. The number of nitrogens with two attached hydrogens (primary N) is 1. The molecule has 0 saturated carbocycles. The summed E-state index contributed by atoms with van der Waals surface area (Å²) in [6.45, 7) is 2.04. The second-order valence-electron chi connectivity index (χ2n) is 5.67. The van der Waals surface area contributed by atoms with Crippen LogP contribution in [0.4, 0.5) is 4.79 Å². The third-order valence-electron chi connectivity index (χ3n) is 4.17. The van der Waals surface area contributed by atoms with Gasteiger partial charge in [0.2, 0.25) is 0 Å². The number of amides is 2. The van der Waals surface area contributed by atoms with Gasteiger partial charge in [0.15, 0.2) is 0 Å². The number of ether oxygens (including phenoxy) is 1. The number of benzene rings is 2. The molecule has 1 aliphatic rings. The zero-order valence-electron chi connectivity index (χ0n) is 12.6. The average molecular weight is 296 g/mol. The van der Waals surface area contributed by atoms with Gasteiger partial charge in [-0.25, -0.2) is 4.79 Å². The molecule has 2 aromatic carbocycles. The lowest BCUT2D eigenvalue weighted by atomic mass is 10.0. The van der Waals surface area contributed by atoms with Gasteiger partial charge in [-0.2, -0.15) is 0 Å². The van der Waals surface area contributed by atoms with E-state index in [-0.39, 0.29) is 18.1 Å². The lowest BCUT2D eigenvalue weighted by molar-refractivity contribution is 0.186. The highest BCUT2D eigenvalue weighted by Gasteiger charge is 2.33. The Balaban J connectivity index is 1.75. The van der Waals surface area contributed by atoms with Gasteiger partial charge in [0.25, 0.3) is 0 Å². The third kappa shape index (κ3) is 2.91. The maximum Gasteiger partial charge on any atom is 0.315 e. The molecule has 1 aliphatic heterocycles.